The first kappa shape index (κ1) is 12.9. The molecule has 0 spiro atoms. The molecule has 1 aliphatic carbocycles. The fourth-order valence-corrected chi connectivity index (χ4v) is 2.91. The van der Waals surface area contributed by atoms with Gasteiger partial charge < -0.3 is 5.73 Å². The summed E-state index contributed by atoms with van der Waals surface area (Å²) in [6.45, 7) is 0.661. The molecule has 1 aliphatic rings. The summed E-state index contributed by atoms with van der Waals surface area (Å²) >= 11 is 5.92. The molecule has 0 saturated heterocycles. The van der Waals surface area contributed by atoms with Gasteiger partial charge in [-0.05, 0) is 37.6 Å². The number of likely N-dealkylation sites (N-methyl/N-ethyl adjacent to an activating group) is 1. The van der Waals surface area contributed by atoms with Crippen LogP contribution in [0, 0.1) is 0 Å². The predicted molar refractivity (Wildman–Crippen MR) is 73.3 cm³/mol. The van der Waals surface area contributed by atoms with Gasteiger partial charge in [0.05, 0.1) is 0 Å². The lowest BCUT2D eigenvalue weighted by Gasteiger charge is -2.32. The van der Waals surface area contributed by atoms with E-state index in [-0.39, 0.29) is 0 Å². The van der Waals surface area contributed by atoms with E-state index in [0.29, 0.717) is 18.6 Å². The molecule has 2 N–H and O–H groups in total. The summed E-state index contributed by atoms with van der Waals surface area (Å²) in [4.78, 5) is 2.44. The van der Waals surface area contributed by atoms with E-state index in [1.807, 2.05) is 12.1 Å². The Balaban J connectivity index is 2.11. The molecule has 1 unspecified atom stereocenters. The van der Waals surface area contributed by atoms with Gasteiger partial charge in [0.2, 0.25) is 0 Å². The molecule has 1 atom stereocenters. The van der Waals surface area contributed by atoms with E-state index < -0.39 is 0 Å². The van der Waals surface area contributed by atoms with Crippen molar-refractivity contribution in [2.75, 3.05) is 13.6 Å². The molecule has 0 aliphatic heterocycles. The number of hydrogen-bond donors (Lipinski definition) is 1. The lowest BCUT2D eigenvalue weighted by molar-refractivity contribution is 0.179. The molecule has 17 heavy (non-hydrogen) atoms. The Morgan fingerprint density at radius 2 is 1.88 bits per heavy atom. The molecule has 1 fully saturated rings. The van der Waals surface area contributed by atoms with Crippen molar-refractivity contribution in [2.24, 2.45) is 5.73 Å². The molecule has 1 aromatic rings. The second kappa shape index (κ2) is 5.85. The quantitative estimate of drug-likeness (QED) is 0.892. The number of halogens is 1. The lowest BCUT2D eigenvalue weighted by atomic mass is 10.0. The van der Waals surface area contributed by atoms with E-state index in [4.69, 9.17) is 17.3 Å². The molecule has 2 nitrogen and oxygen atoms in total. The standard InChI is InChI=1S/C14H21ClN2/c1-17(13-4-2-3-5-13)14(10-16)11-6-8-12(15)9-7-11/h6-9,13-14H,2-5,10,16H2,1H3. The van der Waals surface area contributed by atoms with Gasteiger partial charge in [-0.1, -0.05) is 36.6 Å². The van der Waals surface area contributed by atoms with Gasteiger partial charge in [-0.3, -0.25) is 4.90 Å². The first-order valence-corrected chi connectivity index (χ1v) is 6.77. The summed E-state index contributed by atoms with van der Waals surface area (Å²) in [6, 6.07) is 9.08. The van der Waals surface area contributed by atoms with Crippen LogP contribution in [0.3, 0.4) is 0 Å². The number of rotatable bonds is 4. The van der Waals surface area contributed by atoms with E-state index in [0.717, 1.165) is 5.02 Å². The first-order chi connectivity index (χ1) is 8.22. The summed E-state index contributed by atoms with van der Waals surface area (Å²) in [7, 11) is 2.20. The van der Waals surface area contributed by atoms with Crippen LogP contribution in [0.5, 0.6) is 0 Å². The van der Waals surface area contributed by atoms with Crippen LogP contribution in [-0.2, 0) is 0 Å². The third-order valence-corrected chi connectivity index (χ3v) is 4.12. The predicted octanol–water partition coefficient (Wildman–Crippen LogP) is 3.21. The van der Waals surface area contributed by atoms with E-state index in [1.165, 1.54) is 31.2 Å². The van der Waals surface area contributed by atoms with Crippen molar-refractivity contribution in [3.63, 3.8) is 0 Å². The van der Waals surface area contributed by atoms with Crippen molar-refractivity contribution in [3.05, 3.63) is 34.9 Å². The number of hydrogen-bond acceptors (Lipinski definition) is 2. The Bertz CT molecular complexity index is 344. The van der Waals surface area contributed by atoms with Gasteiger partial charge in [-0.15, -0.1) is 0 Å². The highest BCUT2D eigenvalue weighted by Crippen LogP contribution is 2.29. The van der Waals surface area contributed by atoms with E-state index in [1.54, 1.807) is 0 Å². The molecule has 2 rings (SSSR count). The maximum absolute atomic E-state index is 5.94. The van der Waals surface area contributed by atoms with E-state index in [2.05, 4.69) is 24.1 Å². The summed E-state index contributed by atoms with van der Waals surface area (Å²) in [5.74, 6) is 0. The molecule has 0 heterocycles. The molecule has 94 valence electrons. The third kappa shape index (κ3) is 3.01. The van der Waals surface area contributed by atoms with Crippen LogP contribution >= 0.6 is 11.6 Å². The Morgan fingerprint density at radius 3 is 2.41 bits per heavy atom. The molecule has 0 aromatic heterocycles. The summed E-state index contributed by atoms with van der Waals surface area (Å²) in [6.07, 6.45) is 5.32. The van der Waals surface area contributed by atoms with Gasteiger partial charge in [0, 0.05) is 23.7 Å². The molecule has 1 saturated carbocycles. The van der Waals surface area contributed by atoms with Crippen LogP contribution < -0.4 is 5.73 Å². The van der Waals surface area contributed by atoms with Gasteiger partial charge in [0.25, 0.3) is 0 Å². The minimum atomic E-state index is 0.315. The number of nitrogens with two attached hydrogens (primary N) is 1. The highest BCUT2D eigenvalue weighted by Gasteiger charge is 2.25. The molecular weight excluding hydrogens is 232 g/mol. The van der Waals surface area contributed by atoms with Crippen molar-refractivity contribution in [1.82, 2.24) is 4.90 Å². The maximum atomic E-state index is 5.94. The van der Waals surface area contributed by atoms with Crippen molar-refractivity contribution in [2.45, 2.75) is 37.8 Å². The van der Waals surface area contributed by atoms with Crippen LogP contribution in [0.1, 0.15) is 37.3 Å². The van der Waals surface area contributed by atoms with Crippen LogP contribution in [0.4, 0.5) is 0 Å². The molecule has 1 aromatic carbocycles. The van der Waals surface area contributed by atoms with Gasteiger partial charge in [0.15, 0.2) is 0 Å². The zero-order chi connectivity index (χ0) is 12.3. The van der Waals surface area contributed by atoms with Gasteiger partial charge in [-0.2, -0.15) is 0 Å². The summed E-state index contributed by atoms with van der Waals surface area (Å²) in [5, 5.41) is 0.785. The minimum Gasteiger partial charge on any atom is -0.329 e. The van der Waals surface area contributed by atoms with Crippen LogP contribution in [0.15, 0.2) is 24.3 Å². The third-order valence-electron chi connectivity index (χ3n) is 3.87. The van der Waals surface area contributed by atoms with Crippen LogP contribution in [0.25, 0.3) is 0 Å². The number of nitrogens with zero attached hydrogens (tertiary/aromatic N) is 1. The normalized spacial score (nSPS) is 18.8. The van der Waals surface area contributed by atoms with E-state index in [9.17, 15) is 0 Å². The average Bonchev–Trinajstić information content (AvgIpc) is 2.86. The topological polar surface area (TPSA) is 29.3 Å². The zero-order valence-electron chi connectivity index (χ0n) is 10.4. The summed E-state index contributed by atoms with van der Waals surface area (Å²) in [5.41, 5.74) is 7.21. The fourth-order valence-electron chi connectivity index (χ4n) is 2.79. The van der Waals surface area contributed by atoms with Gasteiger partial charge in [0.1, 0.15) is 0 Å². The lowest BCUT2D eigenvalue weighted by Crippen LogP contribution is -2.37. The zero-order valence-corrected chi connectivity index (χ0v) is 11.2. The number of benzene rings is 1. The average molecular weight is 253 g/mol. The van der Waals surface area contributed by atoms with E-state index >= 15 is 0 Å². The van der Waals surface area contributed by atoms with Crippen LogP contribution in [-0.4, -0.2) is 24.5 Å². The minimum absolute atomic E-state index is 0.315. The van der Waals surface area contributed by atoms with Gasteiger partial charge >= 0.3 is 0 Å². The fraction of sp³-hybridized carbons (Fsp3) is 0.571. The van der Waals surface area contributed by atoms with Crippen molar-refractivity contribution in [1.29, 1.82) is 0 Å². The second-order valence-corrected chi connectivity index (χ2v) is 5.34. The van der Waals surface area contributed by atoms with Crippen LogP contribution in [0.2, 0.25) is 5.02 Å². The van der Waals surface area contributed by atoms with Crippen molar-refractivity contribution >= 4 is 11.6 Å². The Labute approximate surface area is 109 Å². The monoisotopic (exact) mass is 252 g/mol. The van der Waals surface area contributed by atoms with Crippen molar-refractivity contribution < 1.29 is 0 Å². The molecule has 0 bridgehead atoms. The highest BCUT2D eigenvalue weighted by molar-refractivity contribution is 6.30. The Morgan fingerprint density at radius 1 is 1.29 bits per heavy atom. The van der Waals surface area contributed by atoms with Gasteiger partial charge in [-0.25, -0.2) is 0 Å². The molecule has 3 heteroatoms. The maximum Gasteiger partial charge on any atom is 0.0470 e. The molecule has 0 amide bonds. The summed E-state index contributed by atoms with van der Waals surface area (Å²) < 4.78 is 0. The molecular formula is C14H21ClN2. The Kier molecular flexibility index (Phi) is 4.43. The van der Waals surface area contributed by atoms with Crippen molar-refractivity contribution in [3.8, 4) is 0 Å². The Hall–Kier alpha value is -0.570. The molecule has 0 radical (unpaired) electrons. The highest BCUT2D eigenvalue weighted by atomic mass is 35.5. The smallest absolute Gasteiger partial charge is 0.0470 e. The largest absolute Gasteiger partial charge is 0.329 e. The SMILES string of the molecule is CN(C1CCCC1)C(CN)c1ccc(Cl)cc1. The first-order valence-electron chi connectivity index (χ1n) is 6.40. The second-order valence-electron chi connectivity index (χ2n) is 4.91.